The molecule has 0 aliphatic heterocycles. The molecular weight excluding hydrogens is 486 g/mol. The second-order valence-electron chi connectivity index (χ2n) is 9.56. The lowest BCUT2D eigenvalue weighted by Crippen LogP contribution is -2.14. The summed E-state index contributed by atoms with van der Waals surface area (Å²) in [6.45, 7) is 6.09. The van der Waals surface area contributed by atoms with E-state index in [1.807, 2.05) is 30.3 Å². The molecule has 0 saturated heterocycles. The summed E-state index contributed by atoms with van der Waals surface area (Å²) >= 11 is 0. The second kappa shape index (κ2) is 10.5. The SMILES string of the molecule is CC(C)(C)c1ccc(OCc2cccc(C(=O)Nc3ccn(Cc4c(F)c(F)cc(F)c4F)n3)c2)cc1. The summed E-state index contributed by atoms with van der Waals surface area (Å²) in [6.07, 6.45) is 1.33. The Hall–Kier alpha value is -4.14. The van der Waals surface area contributed by atoms with E-state index in [1.54, 1.807) is 18.2 Å². The minimum atomic E-state index is -1.50. The average Bonchev–Trinajstić information content (AvgIpc) is 3.31. The minimum Gasteiger partial charge on any atom is -0.489 e. The molecule has 9 heteroatoms. The fourth-order valence-electron chi connectivity index (χ4n) is 3.65. The molecule has 0 unspecified atom stereocenters. The Morgan fingerprint density at radius 1 is 0.946 bits per heavy atom. The first kappa shape index (κ1) is 25.9. The number of aromatic nitrogens is 2. The minimum absolute atomic E-state index is 0.0415. The van der Waals surface area contributed by atoms with Gasteiger partial charge in [-0.3, -0.25) is 9.48 Å². The molecule has 4 aromatic rings. The van der Waals surface area contributed by atoms with Gasteiger partial charge in [0, 0.05) is 23.9 Å². The van der Waals surface area contributed by atoms with Crippen LogP contribution in [0.2, 0.25) is 0 Å². The Bertz CT molecular complexity index is 1400. The lowest BCUT2D eigenvalue weighted by atomic mass is 9.87. The Kier molecular flexibility index (Phi) is 7.33. The van der Waals surface area contributed by atoms with Crippen LogP contribution in [0.3, 0.4) is 0 Å². The lowest BCUT2D eigenvalue weighted by molar-refractivity contribution is 0.102. The summed E-state index contributed by atoms with van der Waals surface area (Å²) in [4.78, 5) is 12.7. The summed E-state index contributed by atoms with van der Waals surface area (Å²) in [6, 6.07) is 16.2. The third-order valence-electron chi connectivity index (χ3n) is 5.72. The van der Waals surface area contributed by atoms with E-state index in [2.05, 4.69) is 31.2 Å². The molecule has 192 valence electrons. The highest BCUT2D eigenvalue weighted by molar-refractivity contribution is 6.03. The molecule has 0 spiro atoms. The summed E-state index contributed by atoms with van der Waals surface area (Å²) in [5.41, 5.74) is 1.55. The van der Waals surface area contributed by atoms with Crippen LogP contribution in [0, 0.1) is 23.3 Å². The van der Waals surface area contributed by atoms with Gasteiger partial charge in [-0.2, -0.15) is 5.10 Å². The molecular formula is C28H25F4N3O2. The molecule has 0 fully saturated rings. The molecule has 0 bridgehead atoms. The number of rotatable bonds is 7. The summed E-state index contributed by atoms with van der Waals surface area (Å²) in [5, 5.41) is 6.61. The van der Waals surface area contributed by atoms with Crippen molar-refractivity contribution >= 4 is 11.7 Å². The van der Waals surface area contributed by atoms with Crippen LogP contribution in [0.1, 0.15) is 47.8 Å². The maximum absolute atomic E-state index is 13.9. The summed E-state index contributed by atoms with van der Waals surface area (Å²) in [7, 11) is 0. The third kappa shape index (κ3) is 6.17. The van der Waals surface area contributed by atoms with Crippen molar-refractivity contribution in [2.75, 3.05) is 5.32 Å². The normalized spacial score (nSPS) is 11.4. The van der Waals surface area contributed by atoms with Crippen LogP contribution in [0.15, 0.2) is 66.9 Å². The number of nitrogens with zero attached hydrogens (tertiary/aromatic N) is 2. The van der Waals surface area contributed by atoms with E-state index in [0.717, 1.165) is 10.2 Å². The quantitative estimate of drug-likeness (QED) is 0.224. The number of anilines is 1. The van der Waals surface area contributed by atoms with Crippen LogP contribution in [-0.2, 0) is 18.6 Å². The van der Waals surface area contributed by atoms with Gasteiger partial charge in [0.15, 0.2) is 29.1 Å². The van der Waals surface area contributed by atoms with E-state index in [-0.39, 0.29) is 23.9 Å². The van der Waals surface area contributed by atoms with Crippen molar-refractivity contribution in [1.82, 2.24) is 9.78 Å². The highest BCUT2D eigenvalue weighted by Crippen LogP contribution is 2.25. The first-order valence-corrected chi connectivity index (χ1v) is 11.5. The molecule has 3 aromatic carbocycles. The molecule has 0 aliphatic carbocycles. The number of carbonyl (C=O) groups excluding carboxylic acids is 1. The number of nitrogens with one attached hydrogen (secondary N) is 1. The van der Waals surface area contributed by atoms with E-state index in [9.17, 15) is 22.4 Å². The first-order chi connectivity index (χ1) is 17.5. The number of amides is 1. The van der Waals surface area contributed by atoms with Crippen molar-refractivity contribution in [2.45, 2.75) is 39.3 Å². The van der Waals surface area contributed by atoms with Crippen LogP contribution in [0.25, 0.3) is 0 Å². The number of hydrogen-bond acceptors (Lipinski definition) is 3. The molecule has 0 saturated carbocycles. The number of ether oxygens (including phenoxy) is 1. The number of halogens is 4. The summed E-state index contributed by atoms with van der Waals surface area (Å²) < 4.78 is 61.7. The van der Waals surface area contributed by atoms with Crippen molar-refractivity contribution < 1.29 is 27.1 Å². The second-order valence-corrected chi connectivity index (χ2v) is 9.56. The van der Waals surface area contributed by atoms with Gasteiger partial charge >= 0.3 is 0 Å². The van der Waals surface area contributed by atoms with Gasteiger partial charge in [0.25, 0.3) is 5.91 Å². The van der Waals surface area contributed by atoms with Gasteiger partial charge in [-0.05, 0) is 40.8 Å². The Labute approximate surface area is 211 Å². The molecule has 1 aromatic heterocycles. The van der Waals surface area contributed by atoms with Crippen LogP contribution < -0.4 is 10.1 Å². The van der Waals surface area contributed by atoms with Gasteiger partial charge in [0.2, 0.25) is 0 Å². The Balaban J connectivity index is 1.39. The van der Waals surface area contributed by atoms with E-state index >= 15 is 0 Å². The van der Waals surface area contributed by atoms with Gasteiger partial charge in [0.05, 0.1) is 12.1 Å². The predicted molar refractivity (Wildman–Crippen MR) is 131 cm³/mol. The highest BCUT2D eigenvalue weighted by atomic mass is 19.2. The molecule has 0 atom stereocenters. The van der Waals surface area contributed by atoms with Gasteiger partial charge in [0.1, 0.15) is 12.4 Å². The van der Waals surface area contributed by atoms with Crippen LogP contribution in [-0.4, -0.2) is 15.7 Å². The molecule has 0 radical (unpaired) electrons. The van der Waals surface area contributed by atoms with E-state index in [4.69, 9.17) is 4.74 Å². The fraction of sp³-hybridized carbons (Fsp3) is 0.214. The van der Waals surface area contributed by atoms with Crippen molar-refractivity contribution in [3.63, 3.8) is 0 Å². The maximum Gasteiger partial charge on any atom is 0.256 e. The zero-order valence-corrected chi connectivity index (χ0v) is 20.5. The zero-order chi connectivity index (χ0) is 26.7. The molecule has 5 nitrogen and oxygen atoms in total. The predicted octanol–water partition coefficient (Wildman–Crippen LogP) is 6.62. The molecule has 1 N–H and O–H groups in total. The van der Waals surface area contributed by atoms with E-state index in [0.29, 0.717) is 11.3 Å². The van der Waals surface area contributed by atoms with Crippen molar-refractivity contribution in [3.05, 3.63) is 112 Å². The monoisotopic (exact) mass is 511 g/mol. The van der Waals surface area contributed by atoms with Crippen molar-refractivity contribution in [3.8, 4) is 5.75 Å². The van der Waals surface area contributed by atoms with Crippen LogP contribution in [0.5, 0.6) is 5.75 Å². The molecule has 37 heavy (non-hydrogen) atoms. The van der Waals surface area contributed by atoms with E-state index in [1.165, 1.54) is 17.8 Å². The lowest BCUT2D eigenvalue weighted by Gasteiger charge is -2.19. The first-order valence-electron chi connectivity index (χ1n) is 11.5. The number of carbonyl (C=O) groups is 1. The molecule has 0 aliphatic rings. The van der Waals surface area contributed by atoms with Gasteiger partial charge in [-0.1, -0.05) is 45.0 Å². The van der Waals surface area contributed by atoms with Gasteiger partial charge in [-0.25, -0.2) is 17.6 Å². The van der Waals surface area contributed by atoms with Gasteiger partial charge < -0.3 is 10.1 Å². The number of hydrogen-bond donors (Lipinski definition) is 1. The average molecular weight is 512 g/mol. The van der Waals surface area contributed by atoms with Crippen molar-refractivity contribution in [1.29, 1.82) is 0 Å². The van der Waals surface area contributed by atoms with Gasteiger partial charge in [-0.15, -0.1) is 0 Å². The van der Waals surface area contributed by atoms with Crippen LogP contribution >= 0.6 is 0 Å². The Morgan fingerprint density at radius 3 is 2.27 bits per heavy atom. The zero-order valence-electron chi connectivity index (χ0n) is 20.5. The van der Waals surface area contributed by atoms with E-state index < -0.39 is 41.3 Å². The Morgan fingerprint density at radius 2 is 1.62 bits per heavy atom. The summed E-state index contributed by atoms with van der Waals surface area (Å²) in [5.74, 6) is -5.65. The third-order valence-corrected chi connectivity index (χ3v) is 5.72. The standard InChI is InChI=1S/C28H25F4N3O2/c1-28(2,3)19-7-9-20(10-8-19)37-16-17-5-4-6-18(13-17)27(36)33-24-11-12-35(34-24)15-21-25(31)22(29)14-23(30)26(21)32/h4-14H,15-16H2,1-3H3,(H,33,34,36). The fourth-order valence-corrected chi connectivity index (χ4v) is 3.65. The molecule has 1 heterocycles. The molecule has 4 rings (SSSR count). The highest BCUT2D eigenvalue weighted by Gasteiger charge is 2.20. The topological polar surface area (TPSA) is 56.1 Å². The molecule has 1 amide bonds. The maximum atomic E-state index is 13.9. The smallest absolute Gasteiger partial charge is 0.256 e. The van der Waals surface area contributed by atoms with Crippen molar-refractivity contribution in [2.24, 2.45) is 0 Å². The van der Waals surface area contributed by atoms with Crippen LogP contribution in [0.4, 0.5) is 23.4 Å². The largest absolute Gasteiger partial charge is 0.489 e. The number of benzene rings is 3.